The molecule has 0 saturated carbocycles. The van der Waals surface area contributed by atoms with Crippen LogP contribution in [0.5, 0.6) is 5.75 Å². The number of amides is 1. The van der Waals surface area contributed by atoms with Gasteiger partial charge in [0.2, 0.25) is 5.91 Å². The zero-order valence-electron chi connectivity index (χ0n) is 15.5. The SMILES string of the molecule is CCOc1ccc2nc(NC(=O)C3(c4ccc(Cl)cc4)CCOCC3)sc2c1. The first-order valence-corrected chi connectivity index (χ1v) is 10.5. The van der Waals surface area contributed by atoms with Gasteiger partial charge in [-0.15, -0.1) is 0 Å². The van der Waals surface area contributed by atoms with Gasteiger partial charge < -0.3 is 14.8 Å². The highest BCUT2D eigenvalue weighted by molar-refractivity contribution is 7.22. The van der Waals surface area contributed by atoms with Gasteiger partial charge in [-0.3, -0.25) is 4.79 Å². The largest absolute Gasteiger partial charge is 0.494 e. The summed E-state index contributed by atoms with van der Waals surface area (Å²) in [6.45, 7) is 3.66. The second kappa shape index (κ2) is 8.07. The third kappa shape index (κ3) is 3.72. The topological polar surface area (TPSA) is 60.5 Å². The number of nitrogens with zero attached hydrogens (tertiary/aromatic N) is 1. The highest BCUT2D eigenvalue weighted by atomic mass is 35.5. The molecule has 0 radical (unpaired) electrons. The maximum atomic E-state index is 13.4. The van der Waals surface area contributed by atoms with Gasteiger partial charge in [0.05, 0.1) is 22.2 Å². The Hall–Kier alpha value is -2.15. The number of carbonyl (C=O) groups is 1. The summed E-state index contributed by atoms with van der Waals surface area (Å²) >= 11 is 7.49. The van der Waals surface area contributed by atoms with E-state index in [2.05, 4.69) is 10.3 Å². The van der Waals surface area contributed by atoms with Gasteiger partial charge in [-0.25, -0.2) is 4.98 Å². The lowest BCUT2D eigenvalue weighted by molar-refractivity contribution is -0.125. The lowest BCUT2D eigenvalue weighted by Gasteiger charge is -2.36. The summed E-state index contributed by atoms with van der Waals surface area (Å²) in [5.41, 5.74) is 1.16. The smallest absolute Gasteiger partial charge is 0.236 e. The van der Waals surface area contributed by atoms with Crippen LogP contribution in [0, 0.1) is 0 Å². The van der Waals surface area contributed by atoms with Gasteiger partial charge in [-0.05, 0) is 55.7 Å². The van der Waals surface area contributed by atoms with E-state index in [4.69, 9.17) is 21.1 Å². The van der Waals surface area contributed by atoms with Crippen molar-refractivity contribution >= 4 is 44.2 Å². The molecule has 28 heavy (non-hydrogen) atoms. The average Bonchev–Trinajstić information content (AvgIpc) is 3.11. The van der Waals surface area contributed by atoms with Crippen LogP contribution in [0.2, 0.25) is 5.02 Å². The summed E-state index contributed by atoms with van der Waals surface area (Å²) in [4.78, 5) is 17.9. The van der Waals surface area contributed by atoms with E-state index in [9.17, 15) is 4.79 Å². The first-order chi connectivity index (χ1) is 13.6. The summed E-state index contributed by atoms with van der Waals surface area (Å²) in [5.74, 6) is 0.751. The minimum Gasteiger partial charge on any atom is -0.494 e. The number of nitrogens with one attached hydrogen (secondary N) is 1. The van der Waals surface area contributed by atoms with Crippen LogP contribution in [0.1, 0.15) is 25.3 Å². The minimum absolute atomic E-state index is 0.0535. The van der Waals surface area contributed by atoms with E-state index in [0.717, 1.165) is 21.5 Å². The first-order valence-electron chi connectivity index (χ1n) is 9.29. The average molecular weight is 417 g/mol. The number of halogens is 1. The molecule has 0 aliphatic carbocycles. The molecule has 7 heteroatoms. The molecule has 1 fully saturated rings. The van der Waals surface area contributed by atoms with Crippen molar-refractivity contribution in [2.45, 2.75) is 25.2 Å². The molecular formula is C21H21ClN2O3S. The van der Waals surface area contributed by atoms with Gasteiger partial charge in [0.25, 0.3) is 0 Å². The molecule has 2 heterocycles. The van der Waals surface area contributed by atoms with Gasteiger partial charge in [-0.1, -0.05) is 35.1 Å². The van der Waals surface area contributed by atoms with Crippen LogP contribution in [0.15, 0.2) is 42.5 Å². The van der Waals surface area contributed by atoms with E-state index < -0.39 is 5.41 Å². The predicted molar refractivity (Wildman–Crippen MR) is 113 cm³/mol. The fourth-order valence-corrected chi connectivity index (χ4v) is 4.58. The number of rotatable bonds is 5. The Morgan fingerprint density at radius 3 is 2.71 bits per heavy atom. The Balaban J connectivity index is 1.62. The molecule has 2 aromatic carbocycles. The minimum atomic E-state index is -0.642. The molecule has 1 aromatic heterocycles. The summed E-state index contributed by atoms with van der Waals surface area (Å²) in [5, 5.41) is 4.29. The Morgan fingerprint density at radius 1 is 1.25 bits per heavy atom. The molecule has 1 aliphatic rings. The number of aromatic nitrogens is 1. The van der Waals surface area contributed by atoms with Crippen molar-refractivity contribution in [3.63, 3.8) is 0 Å². The monoisotopic (exact) mass is 416 g/mol. The van der Waals surface area contributed by atoms with E-state index >= 15 is 0 Å². The van der Waals surface area contributed by atoms with Crippen molar-refractivity contribution in [1.29, 1.82) is 0 Å². The Labute approximate surface area is 172 Å². The molecule has 0 unspecified atom stereocenters. The molecular weight excluding hydrogens is 396 g/mol. The number of hydrogen-bond donors (Lipinski definition) is 1. The number of benzene rings is 2. The molecule has 3 aromatic rings. The molecule has 4 rings (SSSR count). The molecule has 5 nitrogen and oxygen atoms in total. The quantitative estimate of drug-likeness (QED) is 0.633. The van der Waals surface area contributed by atoms with Gasteiger partial charge in [0.1, 0.15) is 5.75 Å². The molecule has 1 N–H and O–H groups in total. The van der Waals surface area contributed by atoms with Crippen LogP contribution in [0.25, 0.3) is 10.2 Å². The maximum Gasteiger partial charge on any atom is 0.236 e. The molecule has 1 aliphatic heterocycles. The summed E-state index contributed by atoms with van der Waals surface area (Å²) < 4.78 is 12.1. The van der Waals surface area contributed by atoms with Gasteiger partial charge >= 0.3 is 0 Å². The number of fused-ring (bicyclic) bond motifs is 1. The van der Waals surface area contributed by atoms with Crippen molar-refractivity contribution < 1.29 is 14.3 Å². The van der Waals surface area contributed by atoms with Gasteiger partial charge in [0, 0.05) is 18.2 Å². The standard InChI is InChI=1S/C21H21ClN2O3S/c1-2-27-16-7-8-17-18(13-16)28-20(23-17)24-19(25)21(9-11-26-12-10-21)14-3-5-15(22)6-4-14/h3-8,13H,2,9-12H2,1H3,(H,23,24,25). The van der Waals surface area contributed by atoms with Crippen molar-refractivity contribution in [3.8, 4) is 5.75 Å². The lowest BCUT2D eigenvalue weighted by atomic mass is 9.73. The van der Waals surface area contributed by atoms with E-state index in [-0.39, 0.29) is 5.91 Å². The summed E-state index contributed by atoms with van der Waals surface area (Å²) in [6, 6.07) is 13.3. The van der Waals surface area contributed by atoms with Crippen LogP contribution in [-0.4, -0.2) is 30.7 Å². The second-order valence-electron chi connectivity index (χ2n) is 6.74. The van der Waals surface area contributed by atoms with E-state index in [1.807, 2.05) is 49.4 Å². The van der Waals surface area contributed by atoms with Crippen LogP contribution in [0.4, 0.5) is 5.13 Å². The number of ether oxygens (including phenoxy) is 2. The number of anilines is 1. The molecule has 1 saturated heterocycles. The Morgan fingerprint density at radius 2 is 2.00 bits per heavy atom. The molecule has 146 valence electrons. The third-order valence-electron chi connectivity index (χ3n) is 5.07. The molecule has 0 atom stereocenters. The van der Waals surface area contributed by atoms with Crippen molar-refractivity contribution in [2.24, 2.45) is 0 Å². The Bertz CT molecular complexity index is 981. The van der Waals surface area contributed by atoms with Crippen LogP contribution < -0.4 is 10.1 Å². The number of hydrogen-bond acceptors (Lipinski definition) is 5. The van der Waals surface area contributed by atoms with Crippen molar-refractivity contribution in [3.05, 3.63) is 53.1 Å². The second-order valence-corrected chi connectivity index (χ2v) is 8.20. The van der Waals surface area contributed by atoms with Crippen molar-refractivity contribution in [2.75, 3.05) is 25.1 Å². The van der Waals surface area contributed by atoms with Crippen molar-refractivity contribution in [1.82, 2.24) is 4.98 Å². The third-order valence-corrected chi connectivity index (χ3v) is 6.25. The molecule has 1 amide bonds. The van der Waals surface area contributed by atoms with Crippen LogP contribution in [0.3, 0.4) is 0 Å². The van der Waals surface area contributed by atoms with Crippen LogP contribution in [-0.2, 0) is 14.9 Å². The van der Waals surface area contributed by atoms with E-state index in [1.54, 1.807) is 0 Å². The fourth-order valence-electron chi connectivity index (χ4n) is 3.57. The lowest BCUT2D eigenvalue weighted by Crippen LogP contribution is -2.44. The fraction of sp³-hybridized carbons (Fsp3) is 0.333. The summed E-state index contributed by atoms with van der Waals surface area (Å²) in [6.07, 6.45) is 1.25. The summed E-state index contributed by atoms with van der Waals surface area (Å²) in [7, 11) is 0. The highest BCUT2D eigenvalue weighted by Crippen LogP contribution is 2.38. The van der Waals surface area contributed by atoms with Gasteiger partial charge in [-0.2, -0.15) is 0 Å². The maximum absolute atomic E-state index is 13.4. The normalized spacial score (nSPS) is 16.1. The van der Waals surface area contributed by atoms with Gasteiger partial charge in [0.15, 0.2) is 5.13 Å². The van der Waals surface area contributed by atoms with E-state index in [1.165, 1.54) is 11.3 Å². The Kier molecular flexibility index (Phi) is 5.53. The molecule has 0 spiro atoms. The number of carbonyl (C=O) groups excluding carboxylic acids is 1. The highest BCUT2D eigenvalue weighted by Gasteiger charge is 2.42. The van der Waals surface area contributed by atoms with Crippen LogP contribution >= 0.6 is 22.9 Å². The predicted octanol–water partition coefficient (Wildman–Crippen LogP) is 5.04. The number of thiazole rings is 1. The molecule has 0 bridgehead atoms. The first kappa shape index (κ1) is 19.2. The van der Waals surface area contributed by atoms with E-state index in [0.29, 0.717) is 42.8 Å². The zero-order chi connectivity index (χ0) is 19.6. The zero-order valence-corrected chi connectivity index (χ0v) is 17.1.